The Bertz CT molecular complexity index is 904. The Kier molecular flexibility index (Phi) is 10.2. The lowest BCUT2D eigenvalue weighted by atomic mass is 9.73. The number of hydrogen-bond donors (Lipinski definition) is 2. The van der Waals surface area contributed by atoms with Crippen LogP contribution in [0, 0.1) is 24.2 Å². The van der Waals surface area contributed by atoms with Crippen LogP contribution in [-0.4, -0.2) is 57.1 Å². The molecule has 1 aromatic rings. The number of carbonyl (C=O) groups is 2. The second-order valence-electron chi connectivity index (χ2n) is 10.4. The molecule has 6 nitrogen and oxygen atoms in total. The third-order valence-corrected chi connectivity index (χ3v) is 8.09. The van der Waals surface area contributed by atoms with E-state index in [9.17, 15) is 19.8 Å². The molecule has 0 saturated heterocycles. The molecule has 2 heterocycles. The molecule has 5 atom stereocenters. The van der Waals surface area contributed by atoms with Crippen LogP contribution in [0.15, 0.2) is 23.1 Å². The molecule has 7 heteroatoms. The number of aliphatic hydroxyl groups is 2. The average molecular weight is 491 g/mol. The predicted octanol–water partition coefficient (Wildman–Crippen LogP) is 4.79. The maximum absolute atomic E-state index is 13.2. The Balaban J connectivity index is 2.35. The number of aromatic nitrogens is 1. The first-order valence-corrected chi connectivity index (χ1v) is 13.2. The van der Waals surface area contributed by atoms with Gasteiger partial charge in [0.15, 0.2) is 0 Å². The van der Waals surface area contributed by atoms with E-state index in [4.69, 9.17) is 0 Å². The molecule has 190 valence electrons. The van der Waals surface area contributed by atoms with Gasteiger partial charge in [-0.1, -0.05) is 39.8 Å². The van der Waals surface area contributed by atoms with Crippen molar-refractivity contribution in [2.45, 2.75) is 91.9 Å². The summed E-state index contributed by atoms with van der Waals surface area (Å²) in [6, 6.07) is -0.177. The molecular formula is C27H42N2O4S. The van der Waals surface area contributed by atoms with Crippen LogP contribution in [0.4, 0.5) is 0 Å². The van der Waals surface area contributed by atoms with E-state index < -0.39 is 23.5 Å². The van der Waals surface area contributed by atoms with Gasteiger partial charge in [-0.3, -0.25) is 9.59 Å². The topological polar surface area (TPSA) is 90.7 Å². The molecule has 1 amide bonds. The SMILES string of the molecule is CC(=Cc1csc(C)n1)C1C/C=C/CCCC(C)C(O)C(C)C(=O)C(C)(C)[C@@H](O)CC(=O)N1C. The van der Waals surface area contributed by atoms with Gasteiger partial charge in [0, 0.05) is 18.3 Å². The minimum absolute atomic E-state index is 0.0274. The van der Waals surface area contributed by atoms with E-state index in [0.717, 1.165) is 35.5 Å². The van der Waals surface area contributed by atoms with Crippen molar-refractivity contribution >= 4 is 29.1 Å². The Morgan fingerprint density at radius 1 is 1.24 bits per heavy atom. The van der Waals surface area contributed by atoms with E-state index in [1.54, 1.807) is 44.1 Å². The summed E-state index contributed by atoms with van der Waals surface area (Å²) in [6.45, 7) is 11.0. The number of allylic oxidation sites excluding steroid dienone is 1. The normalized spacial score (nSPS) is 31.5. The lowest BCUT2D eigenvalue weighted by molar-refractivity contribution is -0.145. The monoisotopic (exact) mass is 490 g/mol. The Morgan fingerprint density at radius 2 is 1.91 bits per heavy atom. The molecule has 1 aromatic heterocycles. The molecule has 1 aliphatic heterocycles. The van der Waals surface area contributed by atoms with E-state index in [2.05, 4.69) is 17.1 Å². The van der Waals surface area contributed by atoms with Crippen molar-refractivity contribution in [3.63, 3.8) is 0 Å². The van der Waals surface area contributed by atoms with Gasteiger partial charge in [-0.2, -0.15) is 0 Å². The third-order valence-electron chi connectivity index (χ3n) is 7.30. The van der Waals surface area contributed by atoms with Gasteiger partial charge in [-0.05, 0) is 57.1 Å². The van der Waals surface area contributed by atoms with E-state index in [1.165, 1.54) is 0 Å². The molecule has 0 aromatic carbocycles. The standard InChI is InChI=1S/C27H42N2O4S/c1-17-12-10-8-9-11-13-22(18(2)14-21-16-34-20(4)28-21)29(7)24(31)15-23(30)27(5,6)26(33)19(3)25(17)32/h9,11,14,16-17,19,22-23,25,30,32H,8,10,12-13,15H2,1-7H3/b11-9+,18-14?/t17?,19?,22?,23-,25?/m0/s1. The molecule has 0 radical (unpaired) electrons. The highest BCUT2D eigenvalue weighted by Gasteiger charge is 2.42. The summed E-state index contributed by atoms with van der Waals surface area (Å²) in [5, 5.41) is 24.7. The van der Waals surface area contributed by atoms with E-state index >= 15 is 0 Å². The summed E-state index contributed by atoms with van der Waals surface area (Å²) in [5.74, 6) is -1.08. The highest BCUT2D eigenvalue weighted by atomic mass is 32.1. The fourth-order valence-electron chi connectivity index (χ4n) is 4.63. The van der Waals surface area contributed by atoms with E-state index in [-0.39, 0.29) is 30.1 Å². The number of rotatable bonds is 2. The summed E-state index contributed by atoms with van der Waals surface area (Å²) >= 11 is 1.59. The van der Waals surface area contributed by atoms with Crippen LogP contribution in [0.3, 0.4) is 0 Å². The zero-order chi connectivity index (χ0) is 25.6. The zero-order valence-electron chi connectivity index (χ0n) is 21.7. The van der Waals surface area contributed by atoms with Crippen LogP contribution in [0.2, 0.25) is 0 Å². The van der Waals surface area contributed by atoms with Crippen molar-refractivity contribution < 1.29 is 19.8 Å². The van der Waals surface area contributed by atoms with Crippen LogP contribution in [-0.2, 0) is 9.59 Å². The summed E-state index contributed by atoms with van der Waals surface area (Å²) in [4.78, 5) is 32.6. The van der Waals surface area contributed by atoms with Crippen molar-refractivity contribution in [2.75, 3.05) is 7.05 Å². The number of likely N-dealkylation sites (N-methyl/N-ethyl adjacent to an activating group) is 1. The molecule has 0 aliphatic carbocycles. The summed E-state index contributed by atoms with van der Waals surface area (Å²) < 4.78 is 0. The van der Waals surface area contributed by atoms with Gasteiger partial charge in [0.25, 0.3) is 0 Å². The molecule has 34 heavy (non-hydrogen) atoms. The number of aliphatic hydroxyl groups excluding tert-OH is 2. The fraction of sp³-hybridized carbons (Fsp3) is 0.667. The molecular weight excluding hydrogens is 448 g/mol. The lowest BCUT2D eigenvalue weighted by Crippen LogP contribution is -2.47. The van der Waals surface area contributed by atoms with Gasteiger partial charge in [0.1, 0.15) is 5.78 Å². The molecule has 0 fully saturated rings. The zero-order valence-corrected chi connectivity index (χ0v) is 22.6. The number of aryl methyl sites for hydroxylation is 1. The number of thiazole rings is 1. The first-order chi connectivity index (χ1) is 15.9. The quantitative estimate of drug-likeness (QED) is 0.582. The summed E-state index contributed by atoms with van der Waals surface area (Å²) in [7, 11) is 1.75. The van der Waals surface area contributed by atoms with Gasteiger partial charge >= 0.3 is 0 Å². The Hall–Kier alpha value is -1.83. The molecule has 4 unspecified atom stereocenters. The number of amides is 1. The molecule has 0 saturated carbocycles. The van der Waals surface area contributed by atoms with Gasteiger partial charge in [-0.25, -0.2) is 4.98 Å². The van der Waals surface area contributed by atoms with Crippen molar-refractivity contribution in [2.24, 2.45) is 17.3 Å². The van der Waals surface area contributed by atoms with E-state index in [1.807, 2.05) is 32.2 Å². The average Bonchev–Trinajstić information content (AvgIpc) is 3.19. The van der Waals surface area contributed by atoms with Gasteiger partial charge in [0.2, 0.25) is 5.91 Å². The maximum Gasteiger partial charge on any atom is 0.225 e. The Morgan fingerprint density at radius 3 is 2.53 bits per heavy atom. The lowest BCUT2D eigenvalue weighted by Gasteiger charge is -2.36. The van der Waals surface area contributed by atoms with E-state index in [0.29, 0.717) is 6.42 Å². The van der Waals surface area contributed by atoms with Crippen LogP contribution in [0.25, 0.3) is 6.08 Å². The number of Topliss-reactive ketones (excluding diaryl/α,β-unsaturated/α-hetero) is 1. The summed E-state index contributed by atoms with van der Waals surface area (Å²) in [6.07, 6.45) is 7.43. The largest absolute Gasteiger partial charge is 0.392 e. The fourth-order valence-corrected chi connectivity index (χ4v) is 5.20. The number of nitrogens with zero attached hydrogens (tertiary/aromatic N) is 2. The van der Waals surface area contributed by atoms with Crippen molar-refractivity contribution in [3.8, 4) is 0 Å². The van der Waals surface area contributed by atoms with Gasteiger partial charge < -0.3 is 15.1 Å². The van der Waals surface area contributed by atoms with Crippen LogP contribution in [0.5, 0.6) is 0 Å². The highest BCUT2D eigenvalue weighted by molar-refractivity contribution is 7.09. The first-order valence-electron chi connectivity index (χ1n) is 12.3. The second kappa shape index (κ2) is 12.2. The van der Waals surface area contributed by atoms with Gasteiger partial charge in [-0.15, -0.1) is 11.3 Å². The predicted molar refractivity (Wildman–Crippen MR) is 138 cm³/mol. The number of ketones is 1. The Labute approximate surface area is 208 Å². The summed E-state index contributed by atoms with van der Waals surface area (Å²) in [5.41, 5.74) is 0.749. The molecule has 2 rings (SSSR count). The maximum atomic E-state index is 13.2. The van der Waals surface area contributed by atoms with Crippen LogP contribution >= 0.6 is 11.3 Å². The van der Waals surface area contributed by atoms with Crippen molar-refractivity contribution in [3.05, 3.63) is 33.8 Å². The number of carbonyl (C=O) groups excluding carboxylic acids is 2. The molecule has 0 spiro atoms. The minimum Gasteiger partial charge on any atom is -0.392 e. The highest BCUT2D eigenvalue weighted by Crippen LogP contribution is 2.32. The van der Waals surface area contributed by atoms with Crippen molar-refractivity contribution in [1.29, 1.82) is 0 Å². The number of hydrogen-bond acceptors (Lipinski definition) is 6. The first kappa shape index (κ1) is 28.4. The smallest absolute Gasteiger partial charge is 0.225 e. The van der Waals surface area contributed by atoms with Crippen molar-refractivity contribution in [1.82, 2.24) is 9.88 Å². The molecule has 0 bridgehead atoms. The van der Waals surface area contributed by atoms with Crippen LogP contribution < -0.4 is 0 Å². The molecule has 2 N–H and O–H groups in total. The second-order valence-corrected chi connectivity index (χ2v) is 11.5. The van der Waals surface area contributed by atoms with Gasteiger partial charge in [0.05, 0.1) is 40.8 Å². The van der Waals surface area contributed by atoms with Crippen LogP contribution in [0.1, 0.15) is 77.4 Å². The molecule has 1 aliphatic rings. The minimum atomic E-state index is -1.15. The third kappa shape index (κ3) is 7.09.